The molecule has 2 atom stereocenters. The summed E-state index contributed by atoms with van der Waals surface area (Å²) in [6.45, 7) is 3.77. The quantitative estimate of drug-likeness (QED) is 0.222. The molecule has 0 aromatic heterocycles. The largest absolute Gasteiger partial charge is 0.477 e. The number of aliphatic carboxylic acids is 1. The van der Waals surface area contributed by atoms with Crippen molar-refractivity contribution < 1.29 is 27.0 Å². The SMILES string of the molecule is CC(C)C[N+](C(=O)CCc1ccccc1)([C@@H](CCCCN)C(=O)O)S(=O)(=O)c1ccc(N)cc1. The number of hydrogen-bond donors (Lipinski definition) is 3. The summed E-state index contributed by atoms with van der Waals surface area (Å²) in [6.07, 6.45) is 1.15. The van der Waals surface area contributed by atoms with Gasteiger partial charge in [0.25, 0.3) is 0 Å². The van der Waals surface area contributed by atoms with Crippen molar-refractivity contribution in [2.24, 2.45) is 11.7 Å². The molecule has 0 aliphatic carbocycles. The molecule has 0 bridgehead atoms. The van der Waals surface area contributed by atoms with Crippen LogP contribution >= 0.6 is 0 Å². The first kappa shape index (κ1) is 27.5. The van der Waals surface area contributed by atoms with E-state index in [1.165, 1.54) is 24.3 Å². The highest BCUT2D eigenvalue weighted by atomic mass is 32.2. The Hall–Kier alpha value is -2.75. The molecule has 8 nitrogen and oxygen atoms in total. The van der Waals surface area contributed by atoms with Crippen LogP contribution in [0.3, 0.4) is 0 Å². The molecular formula is C25H36N3O5S+. The molecule has 34 heavy (non-hydrogen) atoms. The number of carbonyl (C=O) groups excluding carboxylic acids is 1. The van der Waals surface area contributed by atoms with Gasteiger partial charge in [0.15, 0.2) is 0 Å². The van der Waals surface area contributed by atoms with Crippen LogP contribution < -0.4 is 11.5 Å². The van der Waals surface area contributed by atoms with Crippen LogP contribution in [0.5, 0.6) is 0 Å². The van der Waals surface area contributed by atoms with E-state index in [1.807, 2.05) is 30.3 Å². The molecule has 0 saturated heterocycles. The standard InChI is InChI=1S/C25H35N3O5S/c1-19(2)18-28(23(25(30)31)10-6-7-17-26,24(29)16-11-20-8-4-3-5-9-20)34(32,33)22-14-12-21(27)13-15-22/h3-5,8-9,12-15,19,23H,6-7,10-11,16-18,26-27H2,1-2H3/p+1/t23-,28?/m0/s1. The second-order valence-electron chi connectivity index (χ2n) is 8.93. The normalized spacial score (nSPS) is 14.5. The van der Waals surface area contributed by atoms with Crippen LogP contribution in [0.25, 0.3) is 0 Å². The van der Waals surface area contributed by atoms with E-state index in [0.717, 1.165) is 5.56 Å². The fourth-order valence-corrected chi connectivity index (χ4v) is 6.49. The molecule has 0 saturated carbocycles. The summed E-state index contributed by atoms with van der Waals surface area (Å²) in [5.41, 5.74) is 12.6. The fraction of sp³-hybridized carbons (Fsp3) is 0.440. The molecule has 0 spiro atoms. The van der Waals surface area contributed by atoms with E-state index in [0.29, 0.717) is 31.5 Å². The number of unbranched alkanes of at least 4 members (excludes halogenated alkanes) is 1. The topological polar surface area (TPSA) is 141 Å². The Bertz CT molecular complexity index is 1060. The summed E-state index contributed by atoms with van der Waals surface area (Å²) >= 11 is 0. The van der Waals surface area contributed by atoms with E-state index in [2.05, 4.69) is 0 Å². The number of carboxylic acid groups (broad SMARTS) is 1. The predicted octanol–water partition coefficient (Wildman–Crippen LogP) is 3.17. The van der Waals surface area contributed by atoms with Crippen LogP contribution in [-0.4, -0.2) is 48.4 Å². The maximum atomic E-state index is 14.2. The number of nitrogen functional groups attached to an aromatic ring is 1. The lowest BCUT2D eigenvalue weighted by Crippen LogP contribution is -2.66. The van der Waals surface area contributed by atoms with Crippen LogP contribution in [0.1, 0.15) is 45.1 Å². The smallest absolute Gasteiger partial charge is 0.364 e. The first-order chi connectivity index (χ1) is 16.1. The van der Waals surface area contributed by atoms with Gasteiger partial charge < -0.3 is 16.6 Å². The molecule has 2 aromatic rings. The van der Waals surface area contributed by atoms with Gasteiger partial charge in [0.05, 0.1) is 6.42 Å². The van der Waals surface area contributed by atoms with E-state index >= 15 is 0 Å². The third-order valence-corrected chi connectivity index (χ3v) is 8.19. The summed E-state index contributed by atoms with van der Waals surface area (Å²) < 4.78 is 27.1. The first-order valence-corrected chi connectivity index (χ1v) is 13.0. The maximum Gasteiger partial charge on any atom is 0.364 e. The highest BCUT2D eigenvalue weighted by molar-refractivity contribution is 7.86. The number of benzene rings is 2. The zero-order valence-electron chi connectivity index (χ0n) is 19.9. The van der Waals surface area contributed by atoms with Crippen molar-refractivity contribution in [1.82, 2.24) is 0 Å². The lowest BCUT2D eigenvalue weighted by molar-refractivity contribution is -0.753. The van der Waals surface area contributed by atoms with E-state index in [1.54, 1.807) is 13.8 Å². The Morgan fingerprint density at radius 2 is 1.62 bits per heavy atom. The fourth-order valence-electron chi connectivity index (χ4n) is 4.25. The predicted molar refractivity (Wildman–Crippen MR) is 132 cm³/mol. The molecule has 2 aromatic carbocycles. The van der Waals surface area contributed by atoms with Crippen molar-refractivity contribution >= 4 is 27.6 Å². The summed E-state index contributed by atoms with van der Waals surface area (Å²) in [6, 6.07) is 13.3. The average molecular weight is 491 g/mol. The Morgan fingerprint density at radius 1 is 1.00 bits per heavy atom. The maximum absolute atomic E-state index is 14.2. The average Bonchev–Trinajstić information content (AvgIpc) is 2.79. The summed E-state index contributed by atoms with van der Waals surface area (Å²) in [5.74, 6) is -2.21. The number of rotatable bonds is 13. The van der Waals surface area contributed by atoms with Crippen molar-refractivity contribution in [1.29, 1.82) is 0 Å². The monoisotopic (exact) mass is 490 g/mol. The van der Waals surface area contributed by atoms with Crippen LogP contribution in [0.15, 0.2) is 59.5 Å². The molecular weight excluding hydrogens is 454 g/mol. The third kappa shape index (κ3) is 6.22. The highest BCUT2D eigenvalue weighted by Crippen LogP contribution is 2.34. The highest BCUT2D eigenvalue weighted by Gasteiger charge is 2.57. The second-order valence-corrected chi connectivity index (χ2v) is 11.0. The number of sulfonamides is 1. The van der Waals surface area contributed by atoms with Gasteiger partial charge in [0.1, 0.15) is 11.4 Å². The van der Waals surface area contributed by atoms with Gasteiger partial charge in [-0.15, -0.1) is 3.89 Å². The van der Waals surface area contributed by atoms with Crippen molar-refractivity contribution in [3.8, 4) is 0 Å². The Kier molecular flexibility index (Phi) is 9.78. The molecule has 0 aliphatic heterocycles. The number of nitrogens with two attached hydrogens (primary N) is 2. The van der Waals surface area contributed by atoms with Crippen molar-refractivity contribution in [3.05, 3.63) is 60.2 Å². The lowest BCUT2D eigenvalue weighted by Gasteiger charge is -2.40. The Labute approximate surface area is 202 Å². The van der Waals surface area contributed by atoms with Crippen LogP contribution in [0.2, 0.25) is 0 Å². The number of carbonyl (C=O) groups is 2. The van der Waals surface area contributed by atoms with E-state index < -0.39 is 31.8 Å². The number of quaternary nitrogens is 1. The minimum Gasteiger partial charge on any atom is -0.477 e. The van der Waals surface area contributed by atoms with E-state index in [-0.39, 0.29) is 30.2 Å². The van der Waals surface area contributed by atoms with Crippen molar-refractivity contribution in [3.63, 3.8) is 0 Å². The van der Waals surface area contributed by atoms with Gasteiger partial charge in [-0.1, -0.05) is 44.2 Å². The van der Waals surface area contributed by atoms with Gasteiger partial charge in [-0.3, -0.25) is 0 Å². The molecule has 1 unspecified atom stereocenters. The van der Waals surface area contributed by atoms with Gasteiger partial charge in [-0.25, -0.2) is 9.59 Å². The molecule has 0 fully saturated rings. The lowest BCUT2D eigenvalue weighted by atomic mass is 10.0. The molecule has 9 heteroatoms. The number of anilines is 1. The van der Waals surface area contributed by atoms with Crippen molar-refractivity contribution in [2.45, 2.75) is 56.9 Å². The minimum atomic E-state index is -4.44. The Morgan fingerprint density at radius 3 is 2.15 bits per heavy atom. The van der Waals surface area contributed by atoms with Crippen LogP contribution in [0.4, 0.5) is 5.69 Å². The molecule has 2 rings (SSSR count). The molecule has 186 valence electrons. The zero-order valence-corrected chi connectivity index (χ0v) is 20.7. The Balaban J connectivity index is 2.67. The van der Waals surface area contributed by atoms with Crippen molar-refractivity contribution in [2.75, 3.05) is 18.8 Å². The molecule has 0 radical (unpaired) electrons. The number of aryl methyl sites for hydroxylation is 1. The molecule has 1 amide bonds. The van der Waals surface area contributed by atoms with E-state index in [4.69, 9.17) is 11.5 Å². The molecule has 0 heterocycles. The van der Waals surface area contributed by atoms with Gasteiger partial charge in [-0.05, 0) is 55.6 Å². The van der Waals surface area contributed by atoms with Gasteiger partial charge in [0, 0.05) is 18.0 Å². The number of nitrogens with zero attached hydrogens (tertiary/aromatic N) is 1. The molecule has 5 N–H and O–H groups in total. The van der Waals surface area contributed by atoms with Gasteiger partial charge in [0.2, 0.25) is 6.04 Å². The second kappa shape index (κ2) is 12.1. The summed E-state index contributed by atoms with van der Waals surface area (Å²) in [5, 5.41) is 10.2. The first-order valence-electron chi connectivity index (χ1n) is 11.5. The van der Waals surface area contributed by atoms with Gasteiger partial charge in [-0.2, -0.15) is 8.42 Å². The summed E-state index contributed by atoms with van der Waals surface area (Å²) in [7, 11) is -4.44. The van der Waals surface area contributed by atoms with E-state index in [9.17, 15) is 23.1 Å². The molecule has 0 aliphatic rings. The van der Waals surface area contributed by atoms with Gasteiger partial charge >= 0.3 is 21.9 Å². The van der Waals surface area contributed by atoms with Crippen LogP contribution in [0, 0.1) is 5.92 Å². The minimum absolute atomic E-state index is 0.0184. The third-order valence-electron chi connectivity index (χ3n) is 5.86. The summed E-state index contributed by atoms with van der Waals surface area (Å²) in [4.78, 5) is 26.3. The number of hydrogen-bond acceptors (Lipinski definition) is 6. The van der Waals surface area contributed by atoms with Crippen LogP contribution in [-0.2, 0) is 26.0 Å². The number of amides is 1. The zero-order chi connectivity index (χ0) is 25.4. The number of carboxylic acids is 1.